The van der Waals surface area contributed by atoms with E-state index in [1.165, 1.54) is 18.5 Å². The fourth-order valence-corrected chi connectivity index (χ4v) is 1.55. The fraction of sp³-hybridized carbons (Fsp3) is 0.700. The van der Waals surface area contributed by atoms with Gasteiger partial charge in [0.1, 0.15) is 0 Å². The van der Waals surface area contributed by atoms with Crippen molar-refractivity contribution in [3.8, 4) is 0 Å². The smallest absolute Gasteiger partial charge is 0.0492 e. The Hall–Kier alpha value is -0.830. The van der Waals surface area contributed by atoms with Gasteiger partial charge >= 0.3 is 0 Å². The molecule has 1 N–H and O–H groups in total. The van der Waals surface area contributed by atoms with E-state index in [0.29, 0.717) is 0 Å². The van der Waals surface area contributed by atoms with Gasteiger partial charge in [0.05, 0.1) is 0 Å². The molecule has 3 heteroatoms. The molecule has 1 heterocycles. The quantitative estimate of drug-likeness (QED) is 0.736. The van der Waals surface area contributed by atoms with Crippen LogP contribution in [0.4, 0.5) is 0 Å². The van der Waals surface area contributed by atoms with Gasteiger partial charge in [-0.2, -0.15) is 5.10 Å². The lowest BCUT2D eigenvalue weighted by molar-refractivity contribution is 0.596. The van der Waals surface area contributed by atoms with Crippen molar-refractivity contribution in [1.29, 1.82) is 0 Å². The molecule has 1 aliphatic carbocycles. The molecule has 0 aromatic carbocycles. The Labute approximate surface area is 79.1 Å². The molecule has 3 nitrogen and oxygen atoms in total. The highest BCUT2D eigenvalue weighted by Crippen LogP contribution is 2.18. The average molecular weight is 179 g/mol. The van der Waals surface area contributed by atoms with Crippen molar-refractivity contribution in [2.45, 2.75) is 38.8 Å². The van der Waals surface area contributed by atoms with Crippen molar-refractivity contribution in [1.82, 2.24) is 15.1 Å². The lowest BCUT2D eigenvalue weighted by Crippen LogP contribution is -2.20. The number of nitrogens with zero attached hydrogens (tertiary/aromatic N) is 2. The third-order valence-electron chi connectivity index (χ3n) is 2.50. The van der Waals surface area contributed by atoms with Crippen LogP contribution >= 0.6 is 0 Å². The molecule has 0 bridgehead atoms. The molecule has 1 aromatic heterocycles. The van der Waals surface area contributed by atoms with E-state index in [2.05, 4.69) is 28.1 Å². The topological polar surface area (TPSA) is 29.9 Å². The molecule has 1 aromatic rings. The summed E-state index contributed by atoms with van der Waals surface area (Å²) in [5.74, 6) is 0. The van der Waals surface area contributed by atoms with Gasteiger partial charge in [0.15, 0.2) is 0 Å². The highest BCUT2D eigenvalue weighted by atomic mass is 15.3. The highest BCUT2D eigenvalue weighted by Gasteiger charge is 2.19. The first-order chi connectivity index (χ1) is 6.40. The maximum Gasteiger partial charge on any atom is 0.0492 e. The minimum absolute atomic E-state index is 0.818. The maximum atomic E-state index is 4.24. The summed E-state index contributed by atoms with van der Waals surface area (Å²) >= 11 is 0. The van der Waals surface area contributed by atoms with Gasteiger partial charge in [-0.3, -0.25) is 4.68 Å². The van der Waals surface area contributed by atoms with Crippen molar-refractivity contribution >= 4 is 0 Å². The highest BCUT2D eigenvalue weighted by molar-refractivity contribution is 5.01. The number of hydrogen-bond acceptors (Lipinski definition) is 2. The van der Waals surface area contributed by atoms with E-state index in [4.69, 9.17) is 0 Å². The van der Waals surface area contributed by atoms with E-state index in [0.717, 1.165) is 25.6 Å². The van der Waals surface area contributed by atoms with Crippen molar-refractivity contribution in [2.24, 2.45) is 0 Å². The van der Waals surface area contributed by atoms with Crippen LogP contribution in [0, 0.1) is 0 Å². The molecule has 13 heavy (non-hydrogen) atoms. The van der Waals surface area contributed by atoms with Crippen molar-refractivity contribution in [2.75, 3.05) is 6.54 Å². The second-order valence-electron chi connectivity index (χ2n) is 3.62. The first-order valence-electron chi connectivity index (χ1n) is 5.14. The molecule has 72 valence electrons. The lowest BCUT2D eigenvalue weighted by Gasteiger charge is -2.04. The Morgan fingerprint density at radius 3 is 3.15 bits per heavy atom. The molecule has 2 rings (SSSR count). The van der Waals surface area contributed by atoms with Gasteiger partial charge in [-0.15, -0.1) is 0 Å². The molecule has 0 saturated heterocycles. The van der Waals surface area contributed by atoms with E-state index in [9.17, 15) is 0 Å². The second kappa shape index (κ2) is 3.92. The molecule has 0 spiro atoms. The molecule has 0 unspecified atom stereocenters. The number of hydrogen-bond donors (Lipinski definition) is 1. The van der Waals surface area contributed by atoms with Gasteiger partial charge in [0.25, 0.3) is 0 Å². The van der Waals surface area contributed by atoms with Gasteiger partial charge in [0.2, 0.25) is 0 Å². The molecule has 0 aliphatic heterocycles. The van der Waals surface area contributed by atoms with E-state index in [-0.39, 0.29) is 0 Å². The Bertz CT molecular complexity index is 263. The molecule has 0 amide bonds. The Kier molecular flexibility index (Phi) is 2.64. The molecule has 1 fully saturated rings. The van der Waals surface area contributed by atoms with Gasteiger partial charge < -0.3 is 5.32 Å². The van der Waals surface area contributed by atoms with Crippen LogP contribution in [0.1, 0.15) is 25.5 Å². The first-order valence-corrected chi connectivity index (χ1v) is 5.14. The number of rotatable bonds is 5. The van der Waals surface area contributed by atoms with Crippen molar-refractivity contribution < 1.29 is 0 Å². The maximum absolute atomic E-state index is 4.24. The summed E-state index contributed by atoms with van der Waals surface area (Å²) < 4.78 is 2.06. The fourth-order valence-electron chi connectivity index (χ4n) is 1.55. The SMILES string of the molecule is CCn1nccc1CCNC1CC1. The third kappa shape index (κ3) is 2.31. The zero-order valence-corrected chi connectivity index (χ0v) is 8.16. The number of aromatic nitrogens is 2. The predicted molar refractivity (Wildman–Crippen MR) is 52.6 cm³/mol. The van der Waals surface area contributed by atoms with Gasteiger partial charge in [-0.25, -0.2) is 0 Å². The molecule has 1 saturated carbocycles. The van der Waals surface area contributed by atoms with Crippen LogP contribution in [-0.2, 0) is 13.0 Å². The van der Waals surface area contributed by atoms with Crippen LogP contribution in [0.3, 0.4) is 0 Å². The number of nitrogens with one attached hydrogen (secondary N) is 1. The zero-order chi connectivity index (χ0) is 9.10. The minimum atomic E-state index is 0.818. The Morgan fingerprint density at radius 1 is 1.62 bits per heavy atom. The molecule has 0 radical (unpaired) electrons. The molecule has 1 aliphatic rings. The summed E-state index contributed by atoms with van der Waals surface area (Å²) in [5.41, 5.74) is 1.34. The molecular weight excluding hydrogens is 162 g/mol. The summed E-state index contributed by atoms with van der Waals surface area (Å²) in [6, 6.07) is 2.93. The Balaban J connectivity index is 1.78. The lowest BCUT2D eigenvalue weighted by atomic mass is 10.3. The molecular formula is C10H17N3. The molecule has 0 atom stereocenters. The van der Waals surface area contributed by atoms with E-state index in [1.54, 1.807) is 0 Å². The van der Waals surface area contributed by atoms with Crippen LogP contribution in [0.2, 0.25) is 0 Å². The summed E-state index contributed by atoms with van der Waals surface area (Å²) in [5, 5.41) is 7.74. The van der Waals surface area contributed by atoms with Crippen LogP contribution < -0.4 is 5.32 Å². The largest absolute Gasteiger partial charge is 0.314 e. The van der Waals surface area contributed by atoms with Crippen LogP contribution in [-0.4, -0.2) is 22.4 Å². The first kappa shape index (κ1) is 8.75. The predicted octanol–water partition coefficient (Wildman–Crippen LogP) is 1.20. The van der Waals surface area contributed by atoms with E-state index in [1.807, 2.05) is 6.20 Å². The van der Waals surface area contributed by atoms with Gasteiger partial charge in [-0.1, -0.05) is 0 Å². The zero-order valence-electron chi connectivity index (χ0n) is 8.16. The normalized spacial score (nSPS) is 16.4. The summed E-state index contributed by atoms with van der Waals surface area (Å²) in [4.78, 5) is 0. The van der Waals surface area contributed by atoms with Crippen molar-refractivity contribution in [3.05, 3.63) is 18.0 Å². The standard InChI is InChI=1S/C10H17N3/c1-2-13-10(6-8-12-13)5-7-11-9-3-4-9/h6,8-9,11H,2-5,7H2,1H3. The van der Waals surface area contributed by atoms with Gasteiger partial charge in [0, 0.05) is 37.4 Å². The second-order valence-corrected chi connectivity index (χ2v) is 3.62. The van der Waals surface area contributed by atoms with Crippen LogP contribution in [0.5, 0.6) is 0 Å². The average Bonchev–Trinajstić information content (AvgIpc) is 2.84. The van der Waals surface area contributed by atoms with Gasteiger partial charge in [-0.05, 0) is 25.8 Å². The monoisotopic (exact) mass is 179 g/mol. The summed E-state index contributed by atoms with van der Waals surface area (Å²) in [6.07, 6.45) is 5.72. The van der Waals surface area contributed by atoms with Crippen LogP contribution in [0.15, 0.2) is 12.3 Å². The van der Waals surface area contributed by atoms with Crippen LogP contribution in [0.25, 0.3) is 0 Å². The minimum Gasteiger partial charge on any atom is -0.314 e. The Morgan fingerprint density at radius 2 is 2.46 bits per heavy atom. The third-order valence-corrected chi connectivity index (χ3v) is 2.50. The van der Waals surface area contributed by atoms with E-state index >= 15 is 0 Å². The summed E-state index contributed by atoms with van der Waals surface area (Å²) in [7, 11) is 0. The number of aryl methyl sites for hydroxylation is 1. The van der Waals surface area contributed by atoms with E-state index < -0.39 is 0 Å². The van der Waals surface area contributed by atoms with Crippen molar-refractivity contribution in [3.63, 3.8) is 0 Å². The summed E-state index contributed by atoms with van der Waals surface area (Å²) in [6.45, 7) is 4.20.